The Balaban J connectivity index is 1.48. The highest BCUT2D eigenvalue weighted by atomic mass is 16.5. The molecule has 1 fully saturated rings. The highest BCUT2D eigenvalue weighted by Crippen LogP contribution is 1.97. The van der Waals surface area contributed by atoms with Gasteiger partial charge in [0.25, 0.3) is 0 Å². The molecule has 0 aromatic carbocycles. The van der Waals surface area contributed by atoms with E-state index in [1.807, 2.05) is 12.4 Å². The van der Waals surface area contributed by atoms with Gasteiger partial charge < -0.3 is 10.1 Å². The molecule has 0 unspecified atom stereocenters. The molecule has 16 heavy (non-hydrogen) atoms. The smallest absolute Gasteiger partial charge is 0.0594 e. The summed E-state index contributed by atoms with van der Waals surface area (Å²) in [5.74, 6) is 0. The first-order chi connectivity index (χ1) is 7.95. The molecule has 0 amide bonds. The topological polar surface area (TPSA) is 53.2 Å². The molecule has 0 bridgehead atoms. The van der Waals surface area contributed by atoms with E-state index in [0.717, 1.165) is 39.4 Å². The number of nitrogens with zero attached hydrogens (tertiary/aromatic N) is 2. The highest BCUT2D eigenvalue weighted by molar-refractivity contribution is 5.01. The zero-order chi connectivity index (χ0) is 11.1. The number of nitrogens with one attached hydrogen (secondary N) is 2. The normalized spacial score (nSPS) is 17.8. The van der Waals surface area contributed by atoms with Gasteiger partial charge in [0.15, 0.2) is 0 Å². The summed E-state index contributed by atoms with van der Waals surface area (Å²) in [5.41, 5.74) is 1.21. The molecule has 1 aliphatic rings. The van der Waals surface area contributed by atoms with Crippen LogP contribution < -0.4 is 5.32 Å². The zero-order valence-corrected chi connectivity index (χ0v) is 9.61. The van der Waals surface area contributed by atoms with Crippen LogP contribution >= 0.6 is 0 Å². The second-order valence-electron chi connectivity index (χ2n) is 4.09. The van der Waals surface area contributed by atoms with Crippen LogP contribution in [0, 0.1) is 0 Å². The highest BCUT2D eigenvalue weighted by Gasteiger charge is 2.08. The molecule has 1 saturated heterocycles. The average molecular weight is 224 g/mol. The Labute approximate surface area is 96.2 Å². The summed E-state index contributed by atoms with van der Waals surface area (Å²) in [6.07, 6.45) is 4.97. The lowest BCUT2D eigenvalue weighted by atomic mass is 10.3. The standard InChI is InChI=1S/C11H20N4O/c1(3-15-4-6-16-7-5-15)2-12-8-11-9-13-14-10-11/h9-10,12H,1-8H2,(H,13,14). The number of H-pyrrole nitrogens is 1. The van der Waals surface area contributed by atoms with E-state index in [4.69, 9.17) is 4.74 Å². The van der Waals surface area contributed by atoms with E-state index in [1.165, 1.54) is 18.5 Å². The molecule has 0 saturated carbocycles. The van der Waals surface area contributed by atoms with Crippen molar-refractivity contribution in [2.24, 2.45) is 0 Å². The fourth-order valence-corrected chi connectivity index (χ4v) is 1.86. The van der Waals surface area contributed by atoms with Crippen LogP contribution in [0.1, 0.15) is 12.0 Å². The molecule has 0 aliphatic carbocycles. The van der Waals surface area contributed by atoms with Crippen LogP contribution in [0.4, 0.5) is 0 Å². The molecule has 2 rings (SSSR count). The van der Waals surface area contributed by atoms with Gasteiger partial charge in [-0.25, -0.2) is 0 Å². The quantitative estimate of drug-likeness (QED) is 0.679. The van der Waals surface area contributed by atoms with Crippen LogP contribution in [0.2, 0.25) is 0 Å². The Hall–Kier alpha value is -0.910. The summed E-state index contributed by atoms with van der Waals surface area (Å²) < 4.78 is 5.31. The number of morpholine rings is 1. The minimum Gasteiger partial charge on any atom is -0.379 e. The molecule has 1 aromatic heterocycles. The van der Waals surface area contributed by atoms with Gasteiger partial charge in [0.05, 0.1) is 19.4 Å². The van der Waals surface area contributed by atoms with E-state index < -0.39 is 0 Å². The fraction of sp³-hybridized carbons (Fsp3) is 0.727. The molecule has 2 heterocycles. The lowest BCUT2D eigenvalue weighted by molar-refractivity contribution is 0.0374. The molecule has 1 aromatic rings. The Kier molecular flexibility index (Phi) is 4.79. The van der Waals surface area contributed by atoms with Gasteiger partial charge in [0.1, 0.15) is 0 Å². The molecular formula is C11H20N4O. The lowest BCUT2D eigenvalue weighted by Crippen LogP contribution is -2.37. The van der Waals surface area contributed by atoms with Gasteiger partial charge in [-0.05, 0) is 19.5 Å². The summed E-state index contributed by atoms with van der Waals surface area (Å²) in [6, 6.07) is 0. The molecule has 5 heteroatoms. The van der Waals surface area contributed by atoms with Gasteiger partial charge in [-0.1, -0.05) is 0 Å². The largest absolute Gasteiger partial charge is 0.379 e. The maximum absolute atomic E-state index is 5.31. The Morgan fingerprint density at radius 2 is 2.31 bits per heavy atom. The lowest BCUT2D eigenvalue weighted by Gasteiger charge is -2.26. The van der Waals surface area contributed by atoms with Crippen LogP contribution in [0.5, 0.6) is 0 Å². The van der Waals surface area contributed by atoms with Crippen molar-refractivity contribution >= 4 is 0 Å². The first-order valence-corrected chi connectivity index (χ1v) is 5.93. The van der Waals surface area contributed by atoms with Crippen molar-refractivity contribution in [3.63, 3.8) is 0 Å². The van der Waals surface area contributed by atoms with Crippen LogP contribution in [-0.4, -0.2) is 54.5 Å². The van der Waals surface area contributed by atoms with Crippen molar-refractivity contribution in [3.8, 4) is 0 Å². The third kappa shape index (κ3) is 3.92. The summed E-state index contributed by atoms with van der Waals surface area (Å²) in [4.78, 5) is 2.46. The minimum absolute atomic E-state index is 0.891. The number of hydrogen-bond acceptors (Lipinski definition) is 4. The van der Waals surface area contributed by atoms with Gasteiger partial charge in [-0.15, -0.1) is 0 Å². The minimum atomic E-state index is 0.891. The first-order valence-electron chi connectivity index (χ1n) is 5.93. The third-order valence-corrected chi connectivity index (χ3v) is 2.82. The van der Waals surface area contributed by atoms with Gasteiger partial charge in [-0.2, -0.15) is 5.10 Å². The molecule has 90 valence electrons. The van der Waals surface area contributed by atoms with Crippen molar-refractivity contribution in [3.05, 3.63) is 18.0 Å². The van der Waals surface area contributed by atoms with Gasteiger partial charge in [0, 0.05) is 31.4 Å². The molecule has 1 aliphatic heterocycles. The molecule has 5 nitrogen and oxygen atoms in total. The van der Waals surface area contributed by atoms with E-state index in [-0.39, 0.29) is 0 Å². The van der Waals surface area contributed by atoms with Crippen LogP contribution in [0.25, 0.3) is 0 Å². The first kappa shape index (κ1) is 11.6. The monoisotopic (exact) mass is 224 g/mol. The Bertz CT molecular complexity index is 270. The number of aromatic nitrogens is 2. The van der Waals surface area contributed by atoms with E-state index in [9.17, 15) is 0 Å². The maximum atomic E-state index is 5.31. The van der Waals surface area contributed by atoms with Crippen LogP contribution in [0.3, 0.4) is 0 Å². The van der Waals surface area contributed by atoms with E-state index >= 15 is 0 Å². The predicted octanol–water partition coefficient (Wildman–Crippen LogP) is 0.222. The summed E-state index contributed by atoms with van der Waals surface area (Å²) in [6.45, 7) is 7.08. The second-order valence-corrected chi connectivity index (χ2v) is 4.09. The number of ether oxygens (including phenoxy) is 1. The van der Waals surface area contributed by atoms with Gasteiger partial charge >= 0.3 is 0 Å². The van der Waals surface area contributed by atoms with Crippen molar-refractivity contribution in [2.75, 3.05) is 39.4 Å². The number of hydrogen-bond donors (Lipinski definition) is 2. The Morgan fingerprint density at radius 3 is 3.06 bits per heavy atom. The van der Waals surface area contributed by atoms with Crippen molar-refractivity contribution in [1.82, 2.24) is 20.4 Å². The maximum Gasteiger partial charge on any atom is 0.0594 e. The van der Waals surface area contributed by atoms with Crippen molar-refractivity contribution in [2.45, 2.75) is 13.0 Å². The number of aromatic amines is 1. The predicted molar refractivity (Wildman–Crippen MR) is 62.2 cm³/mol. The van der Waals surface area contributed by atoms with Crippen molar-refractivity contribution in [1.29, 1.82) is 0 Å². The summed E-state index contributed by atoms with van der Waals surface area (Å²) >= 11 is 0. The average Bonchev–Trinajstić information content (AvgIpc) is 2.83. The third-order valence-electron chi connectivity index (χ3n) is 2.82. The van der Waals surface area contributed by atoms with E-state index in [2.05, 4.69) is 20.4 Å². The van der Waals surface area contributed by atoms with Crippen LogP contribution in [0.15, 0.2) is 12.4 Å². The summed E-state index contributed by atoms with van der Waals surface area (Å²) in [5, 5.41) is 10.1. The van der Waals surface area contributed by atoms with Gasteiger partial charge in [-0.3, -0.25) is 10.00 Å². The van der Waals surface area contributed by atoms with E-state index in [0.29, 0.717) is 0 Å². The second kappa shape index (κ2) is 6.62. The Morgan fingerprint density at radius 1 is 1.44 bits per heavy atom. The molecule has 0 atom stereocenters. The van der Waals surface area contributed by atoms with Crippen molar-refractivity contribution < 1.29 is 4.74 Å². The van der Waals surface area contributed by atoms with Gasteiger partial charge in [0.2, 0.25) is 0 Å². The number of rotatable bonds is 6. The molecule has 2 N–H and O–H groups in total. The van der Waals surface area contributed by atoms with Crippen LogP contribution in [-0.2, 0) is 11.3 Å². The fourth-order valence-electron chi connectivity index (χ4n) is 1.86. The zero-order valence-electron chi connectivity index (χ0n) is 9.61. The molecule has 0 spiro atoms. The molecular weight excluding hydrogens is 204 g/mol. The van der Waals surface area contributed by atoms with E-state index in [1.54, 1.807) is 0 Å². The summed E-state index contributed by atoms with van der Waals surface area (Å²) in [7, 11) is 0. The SMILES string of the molecule is c1n[nH]cc1CNCCCN1CCOCC1. The molecule has 0 radical (unpaired) electrons.